The summed E-state index contributed by atoms with van der Waals surface area (Å²) in [6.45, 7) is 4.12. The molecule has 0 saturated carbocycles. The molecule has 2 aliphatic rings. The molecule has 162 valence electrons. The number of rotatable bonds is 3. The van der Waals surface area contributed by atoms with Crippen LogP contribution in [0.25, 0.3) is 11.2 Å². The number of benzene rings is 1. The summed E-state index contributed by atoms with van der Waals surface area (Å²) in [6, 6.07) is 9.91. The van der Waals surface area contributed by atoms with Gasteiger partial charge in [0.15, 0.2) is 11.2 Å². The molecule has 10 heteroatoms. The van der Waals surface area contributed by atoms with Gasteiger partial charge in [0.1, 0.15) is 5.82 Å². The second kappa shape index (κ2) is 8.46. The molecule has 2 aromatic heterocycles. The summed E-state index contributed by atoms with van der Waals surface area (Å²) in [6.07, 6.45) is 1.73. The smallest absolute Gasteiger partial charge is 0.320 e. The van der Waals surface area contributed by atoms with Crippen molar-refractivity contribution in [3.63, 3.8) is 0 Å². The van der Waals surface area contributed by atoms with Gasteiger partial charge in [-0.15, -0.1) is 5.10 Å². The van der Waals surface area contributed by atoms with Crippen LogP contribution in [0, 0.1) is 0 Å². The summed E-state index contributed by atoms with van der Waals surface area (Å²) in [5.41, 5.74) is 1.46. The molecule has 10 nitrogen and oxygen atoms in total. The lowest BCUT2D eigenvalue weighted by Crippen LogP contribution is -2.50. The minimum atomic E-state index is -0.295. The molecule has 5 rings (SSSR count). The zero-order valence-corrected chi connectivity index (χ0v) is 17.2. The van der Waals surface area contributed by atoms with E-state index in [0.29, 0.717) is 57.4 Å². The molecule has 1 unspecified atom stereocenters. The first-order chi connectivity index (χ1) is 15.2. The lowest BCUT2D eigenvalue weighted by atomic mass is 9.97. The van der Waals surface area contributed by atoms with Gasteiger partial charge in [-0.05, 0) is 18.4 Å². The van der Waals surface area contributed by atoms with Gasteiger partial charge in [0, 0.05) is 32.1 Å². The van der Waals surface area contributed by atoms with Gasteiger partial charge in [0.25, 0.3) is 5.56 Å². The van der Waals surface area contributed by atoms with E-state index in [4.69, 9.17) is 9.72 Å². The Kier molecular flexibility index (Phi) is 5.37. The number of nitrogens with zero attached hydrogens (tertiary/aromatic N) is 6. The Bertz CT molecular complexity index is 1120. The molecule has 0 radical (unpaired) electrons. The zero-order chi connectivity index (χ0) is 21.2. The molecule has 3 aromatic rings. The summed E-state index contributed by atoms with van der Waals surface area (Å²) in [5, 5.41) is 8.17. The molecular weight excluding hydrogens is 398 g/mol. The number of urea groups is 1. The number of hydrogen-bond donors (Lipinski definition) is 1. The molecule has 0 aliphatic carbocycles. The van der Waals surface area contributed by atoms with E-state index >= 15 is 0 Å². The van der Waals surface area contributed by atoms with Gasteiger partial charge < -0.3 is 19.5 Å². The van der Waals surface area contributed by atoms with Crippen molar-refractivity contribution in [3.8, 4) is 0 Å². The van der Waals surface area contributed by atoms with Crippen LogP contribution in [0.5, 0.6) is 0 Å². The fourth-order valence-electron chi connectivity index (χ4n) is 4.27. The van der Waals surface area contributed by atoms with Crippen LogP contribution in [0.4, 0.5) is 4.79 Å². The molecule has 2 aliphatic heterocycles. The Balaban J connectivity index is 1.39. The molecule has 0 bridgehead atoms. The van der Waals surface area contributed by atoms with E-state index in [1.807, 2.05) is 40.1 Å². The van der Waals surface area contributed by atoms with Crippen LogP contribution in [0.3, 0.4) is 0 Å². The number of aromatic nitrogens is 5. The lowest BCUT2D eigenvalue weighted by Gasteiger charge is -2.37. The third kappa shape index (κ3) is 4.02. The number of fused-ring (bicyclic) bond motifs is 1. The number of aromatic amines is 1. The van der Waals surface area contributed by atoms with Crippen molar-refractivity contribution in [2.45, 2.75) is 25.3 Å². The number of carbonyl (C=O) groups is 1. The Morgan fingerprint density at radius 2 is 1.94 bits per heavy atom. The molecule has 2 saturated heterocycles. The normalized spacial score (nSPS) is 19.7. The van der Waals surface area contributed by atoms with Crippen molar-refractivity contribution < 1.29 is 9.53 Å². The topological polar surface area (TPSA) is 109 Å². The minimum Gasteiger partial charge on any atom is -0.378 e. The van der Waals surface area contributed by atoms with E-state index in [0.717, 1.165) is 18.4 Å². The highest BCUT2D eigenvalue weighted by atomic mass is 16.5. The number of piperidine rings is 1. The van der Waals surface area contributed by atoms with Gasteiger partial charge in [-0.3, -0.25) is 4.79 Å². The first-order valence-electron chi connectivity index (χ1n) is 10.7. The summed E-state index contributed by atoms with van der Waals surface area (Å²) in [7, 11) is 0. The van der Waals surface area contributed by atoms with Gasteiger partial charge in [0.05, 0.1) is 19.8 Å². The van der Waals surface area contributed by atoms with E-state index in [1.54, 1.807) is 4.68 Å². The van der Waals surface area contributed by atoms with Gasteiger partial charge in [-0.2, -0.15) is 0 Å². The van der Waals surface area contributed by atoms with E-state index in [1.165, 1.54) is 0 Å². The van der Waals surface area contributed by atoms with Crippen LogP contribution in [-0.2, 0) is 11.3 Å². The molecule has 2 fully saturated rings. The highest BCUT2D eigenvalue weighted by Crippen LogP contribution is 2.25. The third-order valence-corrected chi connectivity index (χ3v) is 5.93. The summed E-state index contributed by atoms with van der Waals surface area (Å²) in [5.74, 6) is 0.560. The molecular formula is C21H25N7O3. The summed E-state index contributed by atoms with van der Waals surface area (Å²) < 4.78 is 7.01. The quantitative estimate of drug-likeness (QED) is 0.678. The van der Waals surface area contributed by atoms with E-state index in [2.05, 4.69) is 15.3 Å². The van der Waals surface area contributed by atoms with Crippen molar-refractivity contribution in [2.24, 2.45) is 0 Å². The number of carbonyl (C=O) groups excluding carboxylic acids is 1. The summed E-state index contributed by atoms with van der Waals surface area (Å²) >= 11 is 0. The average Bonchev–Trinajstić information content (AvgIpc) is 3.23. The van der Waals surface area contributed by atoms with Crippen molar-refractivity contribution in [3.05, 3.63) is 52.1 Å². The van der Waals surface area contributed by atoms with E-state index in [-0.39, 0.29) is 23.0 Å². The maximum absolute atomic E-state index is 12.9. The van der Waals surface area contributed by atoms with Gasteiger partial charge in [0.2, 0.25) is 0 Å². The molecule has 2 amide bonds. The second-order valence-electron chi connectivity index (χ2n) is 8.02. The predicted octanol–water partition coefficient (Wildman–Crippen LogP) is 1.19. The predicted molar refractivity (Wildman–Crippen MR) is 113 cm³/mol. The van der Waals surface area contributed by atoms with E-state index < -0.39 is 0 Å². The molecule has 1 atom stereocenters. The number of likely N-dealkylation sites (tertiary alicyclic amines) is 1. The summed E-state index contributed by atoms with van der Waals surface area (Å²) in [4.78, 5) is 36.9. The van der Waals surface area contributed by atoms with Gasteiger partial charge >= 0.3 is 6.03 Å². The first-order valence-corrected chi connectivity index (χ1v) is 10.7. The number of ether oxygens (including phenoxy) is 1. The standard InChI is InChI=1S/C21H25N7O3/c29-20-17-19(28(25-24-17)13-15-5-2-1-3-6-15)22-18(23-20)16-7-4-8-27(14-16)21(30)26-9-11-31-12-10-26/h1-3,5-6,16H,4,7-14H2,(H,22,23,29). The SMILES string of the molecule is O=C(N1CCOCC1)N1CCCC(c2nc3c(nnn3Cc3ccccc3)c(=O)[nH]2)C1. The Morgan fingerprint density at radius 3 is 2.74 bits per heavy atom. The third-order valence-electron chi connectivity index (χ3n) is 5.93. The van der Waals surface area contributed by atoms with Crippen molar-refractivity contribution >= 4 is 17.2 Å². The number of amides is 2. The maximum atomic E-state index is 12.9. The first kappa shape index (κ1) is 19.7. The Hall–Kier alpha value is -3.27. The maximum Gasteiger partial charge on any atom is 0.320 e. The second-order valence-corrected chi connectivity index (χ2v) is 8.02. The van der Waals surface area contributed by atoms with Crippen LogP contribution in [-0.4, -0.2) is 80.2 Å². The number of nitrogens with one attached hydrogen (secondary N) is 1. The highest BCUT2D eigenvalue weighted by Gasteiger charge is 2.30. The molecule has 31 heavy (non-hydrogen) atoms. The minimum absolute atomic E-state index is 0.0316. The van der Waals surface area contributed by atoms with Crippen LogP contribution < -0.4 is 5.56 Å². The lowest BCUT2D eigenvalue weighted by molar-refractivity contribution is 0.0407. The molecule has 1 aromatic carbocycles. The van der Waals surface area contributed by atoms with Crippen LogP contribution in [0.15, 0.2) is 35.1 Å². The van der Waals surface area contributed by atoms with Gasteiger partial charge in [-0.1, -0.05) is 35.5 Å². The van der Waals surface area contributed by atoms with Crippen LogP contribution >= 0.6 is 0 Å². The number of H-pyrrole nitrogens is 1. The van der Waals surface area contributed by atoms with Crippen LogP contribution in [0.1, 0.15) is 30.1 Å². The fourth-order valence-corrected chi connectivity index (χ4v) is 4.27. The Labute approximate surface area is 178 Å². The molecule has 4 heterocycles. The van der Waals surface area contributed by atoms with Gasteiger partial charge in [-0.25, -0.2) is 14.5 Å². The Morgan fingerprint density at radius 1 is 1.13 bits per heavy atom. The number of morpholine rings is 1. The largest absolute Gasteiger partial charge is 0.378 e. The molecule has 1 N–H and O–H groups in total. The monoisotopic (exact) mass is 423 g/mol. The van der Waals surface area contributed by atoms with Crippen molar-refractivity contribution in [2.75, 3.05) is 39.4 Å². The zero-order valence-electron chi connectivity index (χ0n) is 17.2. The fraction of sp³-hybridized carbons (Fsp3) is 0.476. The van der Waals surface area contributed by atoms with Crippen LogP contribution in [0.2, 0.25) is 0 Å². The highest BCUT2D eigenvalue weighted by molar-refractivity contribution is 5.75. The van der Waals surface area contributed by atoms with Crippen molar-refractivity contribution in [1.29, 1.82) is 0 Å². The van der Waals surface area contributed by atoms with Crippen molar-refractivity contribution in [1.82, 2.24) is 34.8 Å². The molecule has 0 spiro atoms. The van der Waals surface area contributed by atoms with E-state index in [9.17, 15) is 9.59 Å². The number of hydrogen-bond acceptors (Lipinski definition) is 6. The average molecular weight is 423 g/mol.